The van der Waals surface area contributed by atoms with Crippen molar-refractivity contribution in [3.8, 4) is 5.75 Å². The summed E-state index contributed by atoms with van der Waals surface area (Å²) < 4.78 is 5.92. The van der Waals surface area contributed by atoms with Gasteiger partial charge in [0.15, 0.2) is 0 Å². The molecule has 1 aromatic heterocycles. The number of pyridine rings is 1. The molecule has 0 atom stereocenters. The first-order valence-electron chi connectivity index (χ1n) is 8.94. The van der Waals surface area contributed by atoms with Crippen molar-refractivity contribution in [2.24, 2.45) is 5.92 Å². The van der Waals surface area contributed by atoms with E-state index in [1.807, 2.05) is 6.20 Å². The Hall–Kier alpha value is -1.91. The lowest BCUT2D eigenvalue weighted by Crippen LogP contribution is -2.30. The van der Waals surface area contributed by atoms with Crippen LogP contribution in [0.15, 0.2) is 42.6 Å². The molecule has 1 saturated heterocycles. The fourth-order valence-electron chi connectivity index (χ4n) is 3.60. The fraction of sp³-hybridized carbons (Fsp3) is 0.450. The van der Waals surface area contributed by atoms with E-state index < -0.39 is 0 Å². The van der Waals surface area contributed by atoms with Crippen molar-refractivity contribution < 1.29 is 4.74 Å². The van der Waals surface area contributed by atoms with E-state index >= 15 is 0 Å². The first-order valence-corrected chi connectivity index (χ1v) is 8.94. The lowest BCUT2D eigenvalue weighted by atomic mass is 9.99. The quantitative estimate of drug-likeness (QED) is 0.918. The molecule has 1 fully saturated rings. The van der Waals surface area contributed by atoms with Crippen LogP contribution in [0.3, 0.4) is 0 Å². The second-order valence-corrected chi connectivity index (χ2v) is 6.90. The highest BCUT2D eigenvalue weighted by Gasteiger charge is 2.18. The van der Waals surface area contributed by atoms with Crippen LogP contribution in [0.4, 0.5) is 0 Å². The van der Waals surface area contributed by atoms with Gasteiger partial charge in [0.2, 0.25) is 0 Å². The maximum absolute atomic E-state index is 5.92. The van der Waals surface area contributed by atoms with Crippen molar-refractivity contribution in [2.45, 2.75) is 32.5 Å². The average molecular weight is 323 g/mol. The number of nitrogens with one attached hydrogen (secondary N) is 1. The molecule has 1 N–H and O–H groups in total. The second kappa shape index (κ2) is 7.32. The summed E-state index contributed by atoms with van der Waals surface area (Å²) in [6.07, 6.45) is 4.29. The number of ether oxygens (including phenoxy) is 1. The van der Waals surface area contributed by atoms with Crippen molar-refractivity contribution in [2.75, 3.05) is 19.7 Å². The molecule has 2 aromatic rings. The number of piperidine rings is 1. The van der Waals surface area contributed by atoms with Crippen LogP contribution in [-0.2, 0) is 19.6 Å². The summed E-state index contributed by atoms with van der Waals surface area (Å²) in [7, 11) is 0. The summed E-state index contributed by atoms with van der Waals surface area (Å²) >= 11 is 0. The zero-order valence-electron chi connectivity index (χ0n) is 14.1. The van der Waals surface area contributed by atoms with Crippen molar-refractivity contribution >= 4 is 0 Å². The van der Waals surface area contributed by atoms with Gasteiger partial charge in [-0.05, 0) is 55.1 Å². The van der Waals surface area contributed by atoms with Gasteiger partial charge < -0.3 is 10.1 Å². The van der Waals surface area contributed by atoms with Crippen LogP contribution in [0.25, 0.3) is 0 Å². The third kappa shape index (κ3) is 3.77. The number of aromatic nitrogens is 1. The molecule has 0 unspecified atom stereocenters. The minimum absolute atomic E-state index is 0.675. The highest BCUT2D eigenvalue weighted by Crippen LogP contribution is 2.24. The maximum atomic E-state index is 5.92. The fourth-order valence-corrected chi connectivity index (χ4v) is 3.60. The molecule has 24 heavy (non-hydrogen) atoms. The highest BCUT2D eigenvalue weighted by molar-refractivity contribution is 5.30. The van der Waals surface area contributed by atoms with Crippen LogP contribution in [0.5, 0.6) is 5.75 Å². The summed E-state index contributed by atoms with van der Waals surface area (Å²) in [6.45, 7) is 5.97. The molecular formula is C20H25N3O. The highest BCUT2D eigenvalue weighted by atomic mass is 16.5. The van der Waals surface area contributed by atoms with Gasteiger partial charge in [-0.25, -0.2) is 0 Å². The minimum atomic E-state index is 0.675. The van der Waals surface area contributed by atoms with Gasteiger partial charge in [-0.1, -0.05) is 24.3 Å². The summed E-state index contributed by atoms with van der Waals surface area (Å²) in [4.78, 5) is 7.02. The molecule has 1 aromatic carbocycles. The van der Waals surface area contributed by atoms with Crippen LogP contribution in [0.2, 0.25) is 0 Å². The number of benzene rings is 1. The van der Waals surface area contributed by atoms with E-state index in [0.717, 1.165) is 50.8 Å². The summed E-state index contributed by atoms with van der Waals surface area (Å²) in [5.74, 6) is 1.57. The molecule has 4 nitrogen and oxygen atoms in total. The molecule has 4 heteroatoms. The molecule has 0 amide bonds. The van der Waals surface area contributed by atoms with E-state index in [2.05, 4.69) is 51.6 Å². The first-order chi connectivity index (χ1) is 11.9. The van der Waals surface area contributed by atoms with Gasteiger partial charge in [-0.15, -0.1) is 0 Å². The lowest BCUT2D eigenvalue weighted by molar-refractivity contribution is 0.214. The van der Waals surface area contributed by atoms with E-state index in [0.29, 0.717) is 5.92 Å². The number of rotatable bonds is 5. The molecule has 3 heterocycles. The van der Waals surface area contributed by atoms with Gasteiger partial charge in [-0.2, -0.15) is 0 Å². The Labute approximate surface area is 143 Å². The van der Waals surface area contributed by atoms with Crippen molar-refractivity contribution in [1.82, 2.24) is 15.2 Å². The molecule has 0 saturated carbocycles. The topological polar surface area (TPSA) is 37.4 Å². The van der Waals surface area contributed by atoms with Gasteiger partial charge >= 0.3 is 0 Å². The number of fused-ring (bicyclic) bond motifs is 1. The van der Waals surface area contributed by atoms with Crippen molar-refractivity contribution in [1.29, 1.82) is 0 Å². The Morgan fingerprint density at radius 3 is 2.46 bits per heavy atom. The molecule has 0 aliphatic carbocycles. The third-order valence-electron chi connectivity index (χ3n) is 5.03. The Bertz CT molecular complexity index is 640. The van der Waals surface area contributed by atoms with Gasteiger partial charge in [0, 0.05) is 19.6 Å². The third-order valence-corrected chi connectivity index (χ3v) is 5.03. The molecular weight excluding hydrogens is 298 g/mol. The summed E-state index contributed by atoms with van der Waals surface area (Å²) in [5, 5.41) is 3.39. The number of hydrogen-bond acceptors (Lipinski definition) is 4. The van der Waals surface area contributed by atoms with E-state index in [1.165, 1.54) is 24.0 Å². The van der Waals surface area contributed by atoms with Gasteiger partial charge in [-0.3, -0.25) is 9.88 Å². The van der Waals surface area contributed by atoms with Crippen LogP contribution >= 0.6 is 0 Å². The average Bonchev–Trinajstić information content (AvgIpc) is 3.04. The summed E-state index contributed by atoms with van der Waals surface area (Å²) in [5.41, 5.74) is 4.00. The molecule has 4 rings (SSSR count). The SMILES string of the molecule is c1ccc2c(c1)CN(Cc1ccc(OCC3CCNCC3)cn1)C2. The Morgan fingerprint density at radius 1 is 1.04 bits per heavy atom. The Morgan fingerprint density at radius 2 is 1.79 bits per heavy atom. The van der Waals surface area contributed by atoms with Crippen LogP contribution < -0.4 is 10.1 Å². The van der Waals surface area contributed by atoms with E-state index in [4.69, 9.17) is 4.74 Å². The largest absolute Gasteiger partial charge is 0.492 e. The molecule has 2 aliphatic heterocycles. The molecule has 0 radical (unpaired) electrons. The van der Waals surface area contributed by atoms with Crippen molar-refractivity contribution in [3.05, 3.63) is 59.4 Å². The molecule has 2 aliphatic rings. The predicted octanol–water partition coefficient (Wildman–Crippen LogP) is 2.98. The lowest BCUT2D eigenvalue weighted by Gasteiger charge is -2.22. The molecule has 0 bridgehead atoms. The standard InChI is InChI=1S/C20H25N3O/c1-2-4-18-13-23(12-17(18)3-1)14-19-5-6-20(11-22-19)24-15-16-7-9-21-10-8-16/h1-6,11,16,21H,7-10,12-15H2. The molecule has 0 spiro atoms. The monoisotopic (exact) mass is 323 g/mol. The summed E-state index contributed by atoms with van der Waals surface area (Å²) in [6, 6.07) is 12.8. The van der Waals surface area contributed by atoms with Crippen LogP contribution in [0.1, 0.15) is 29.7 Å². The van der Waals surface area contributed by atoms with Crippen LogP contribution in [0, 0.1) is 5.92 Å². The van der Waals surface area contributed by atoms with Gasteiger partial charge in [0.05, 0.1) is 18.5 Å². The maximum Gasteiger partial charge on any atom is 0.137 e. The van der Waals surface area contributed by atoms with Gasteiger partial charge in [0.1, 0.15) is 5.75 Å². The van der Waals surface area contributed by atoms with Gasteiger partial charge in [0.25, 0.3) is 0 Å². The minimum Gasteiger partial charge on any atom is -0.492 e. The zero-order chi connectivity index (χ0) is 16.2. The second-order valence-electron chi connectivity index (χ2n) is 6.90. The number of nitrogens with zero attached hydrogens (tertiary/aromatic N) is 2. The Balaban J connectivity index is 1.28. The van der Waals surface area contributed by atoms with E-state index in [9.17, 15) is 0 Å². The Kier molecular flexibility index (Phi) is 4.76. The normalized spacial score (nSPS) is 18.5. The molecule has 126 valence electrons. The van der Waals surface area contributed by atoms with E-state index in [1.54, 1.807) is 0 Å². The smallest absolute Gasteiger partial charge is 0.137 e. The zero-order valence-corrected chi connectivity index (χ0v) is 14.1. The van der Waals surface area contributed by atoms with Crippen LogP contribution in [-0.4, -0.2) is 29.6 Å². The van der Waals surface area contributed by atoms with Crippen molar-refractivity contribution in [3.63, 3.8) is 0 Å². The predicted molar refractivity (Wildman–Crippen MR) is 94.7 cm³/mol. The van der Waals surface area contributed by atoms with E-state index in [-0.39, 0.29) is 0 Å². The first kappa shape index (κ1) is 15.6. The number of hydrogen-bond donors (Lipinski definition) is 1.